The van der Waals surface area contributed by atoms with E-state index < -0.39 is 0 Å². The molecular weight excluding hydrogens is 283 g/mol. The second-order valence-electron chi connectivity index (χ2n) is 5.57. The molecule has 0 spiro atoms. The van der Waals surface area contributed by atoms with E-state index in [4.69, 9.17) is 5.26 Å². The van der Waals surface area contributed by atoms with Gasteiger partial charge in [-0.15, -0.1) is 0 Å². The highest BCUT2D eigenvalue weighted by atomic mass is 19.1. The Labute approximate surface area is 129 Å². The zero-order valence-corrected chi connectivity index (χ0v) is 12.4. The van der Waals surface area contributed by atoms with E-state index in [1.165, 1.54) is 24.3 Å². The van der Waals surface area contributed by atoms with E-state index in [0.29, 0.717) is 31.5 Å². The highest BCUT2D eigenvalue weighted by Gasteiger charge is 2.22. The lowest BCUT2D eigenvalue weighted by atomic mass is 9.98. The molecule has 0 unspecified atom stereocenters. The van der Waals surface area contributed by atoms with Gasteiger partial charge in [-0.2, -0.15) is 5.26 Å². The van der Waals surface area contributed by atoms with Crippen molar-refractivity contribution in [1.82, 2.24) is 4.90 Å². The van der Waals surface area contributed by atoms with Gasteiger partial charge in [0.2, 0.25) is 5.91 Å². The molecule has 1 aromatic rings. The number of rotatable bonds is 5. The van der Waals surface area contributed by atoms with E-state index in [2.05, 4.69) is 6.07 Å². The Bertz CT molecular complexity index is 569. The largest absolute Gasteiger partial charge is 0.343 e. The standard InChI is InChI=1S/C17H19FN2O2/c18-15-6-4-14(5-7-15)16(21)2-1-3-17(22)20-10-8-13(12-19)9-11-20/h4-7,13H,1-3,8-11H2. The zero-order valence-electron chi connectivity index (χ0n) is 12.4. The topological polar surface area (TPSA) is 61.2 Å². The number of hydrogen-bond donors (Lipinski definition) is 0. The van der Waals surface area contributed by atoms with Crippen molar-refractivity contribution in [2.75, 3.05) is 13.1 Å². The maximum absolute atomic E-state index is 12.8. The summed E-state index contributed by atoms with van der Waals surface area (Å²) in [6, 6.07) is 7.69. The number of Topliss-reactive ketones (excluding diaryl/α,β-unsaturated/α-hetero) is 1. The van der Waals surface area contributed by atoms with Crippen molar-refractivity contribution in [3.05, 3.63) is 35.6 Å². The molecule has 22 heavy (non-hydrogen) atoms. The molecule has 5 heteroatoms. The van der Waals surface area contributed by atoms with Crippen LogP contribution in [0.25, 0.3) is 0 Å². The first kappa shape index (κ1) is 16.2. The van der Waals surface area contributed by atoms with E-state index in [1.54, 1.807) is 4.90 Å². The van der Waals surface area contributed by atoms with E-state index in [1.807, 2.05) is 0 Å². The summed E-state index contributed by atoms with van der Waals surface area (Å²) in [6.07, 6.45) is 2.58. The minimum Gasteiger partial charge on any atom is -0.343 e. The van der Waals surface area contributed by atoms with Gasteiger partial charge in [-0.1, -0.05) is 0 Å². The highest BCUT2D eigenvalue weighted by Crippen LogP contribution is 2.17. The van der Waals surface area contributed by atoms with Crippen LogP contribution in [0.5, 0.6) is 0 Å². The van der Waals surface area contributed by atoms with Crippen molar-refractivity contribution in [2.24, 2.45) is 5.92 Å². The monoisotopic (exact) mass is 302 g/mol. The van der Waals surface area contributed by atoms with E-state index in [9.17, 15) is 14.0 Å². The van der Waals surface area contributed by atoms with Crippen LogP contribution in [0.1, 0.15) is 42.5 Å². The molecule has 4 nitrogen and oxygen atoms in total. The quantitative estimate of drug-likeness (QED) is 0.786. The Morgan fingerprint density at radius 2 is 1.82 bits per heavy atom. The minimum atomic E-state index is -0.368. The molecule has 116 valence electrons. The zero-order chi connectivity index (χ0) is 15.9. The fraction of sp³-hybridized carbons (Fsp3) is 0.471. The van der Waals surface area contributed by atoms with E-state index in [0.717, 1.165) is 12.8 Å². The van der Waals surface area contributed by atoms with Gasteiger partial charge in [0.1, 0.15) is 5.82 Å². The van der Waals surface area contributed by atoms with Crippen molar-refractivity contribution < 1.29 is 14.0 Å². The van der Waals surface area contributed by atoms with Gasteiger partial charge in [-0.05, 0) is 43.5 Å². The summed E-state index contributed by atoms with van der Waals surface area (Å²) in [5.41, 5.74) is 0.476. The summed E-state index contributed by atoms with van der Waals surface area (Å²) in [5.74, 6) is -0.337. The summed E-state index contributed by atoms with van der Waals surface area (Å²) in [4.78, 5) is 25.7. The number of halogens is 1. The van der Waals surface area contributed by atoms with Gasteiger partial charge < -0.3 is 4.90 Å². The molecule has 2 rings (SSSR count). The molecule has 0 N–H and O–H groups in total. The first-order valence-corrected chi connectivity index (χ1v) is 7.56. The Morgan fingerprint density at radius 1 is 1.18 bits per heavy atom. The van der Waals surface area contributed by atoms with Crippen LogP contribution in [0.2, 0.25) is 0 Å². The lowest BCUT2D eigenvalue weighted by Gasteiger charge is -2.29. The summed E-state index contributed by atoms with van der Waals surface area (Å²) in [7, 11) is 0. The first-order chi connectivity index (χ1) is 10.6. The number of carbonyl (C=O) groups is 2. The van der Waals surface area contributed by atoms with Crippen LogP contribution in [-0.4, -0.2) is 29.7 Å². The van der Waals surface area contributed by atoms with Gasteiger partial charge in [0, 0.05) is 37.4 Å². The van der Waals surface area contributed by atoms with Crippen molar-refractivity contribution in [3.8, 4) is 6.07 Å². The van der Waals surface area contributed by atoms with Gasteiger partial charge in [0.05, 0.1) is 6.07 Å². The summed E-state index contributed by atoms with van der Waals surface area (Å²) >= 11 is 0. The van der Waals surface area contributed by atoms with Gasteiger partial charge in [-0.3, -0.25) is 9.59 Å². The average Bonchev–Trinajstić information content (AvgIpc) is 2.55. The van der Waals surface area contributed by atoms with Gasteiger partial charge in [0.15, 0.2) is 5.78 Å². The molecule has 0 saturated carbocycles. The van der Waals surface area contributed by atoms with Crippen molar-refractivity contribution in [1.29, 1.82) is 5.26 Å². The number of ketones is 1. The number of nitriles is 1. The number of piperidine rings is 1. The summed E-state index contributed by atoms with van der Waals surface area (Å²) in [6.45, 7) is 1.26. The summed E-state index contributed by atoms with van der Waals surface area (Å²) in [5, 5.41) is 8.83. The van der Waals surface area contributed by atoms with E-state index >= 15 is 0 Å². The second kappa shape index (κ2) is 7.69. The number of hydrogen-bond acceptors (Lipinski definition) is 3. The molecule has 1 fully saturated rings. The second-order valence-corrected chi connectivity index (χ2v) is 5.57. The fourth-order valence-electron chi connectivity index (χ4n) is 2.60. The fourth-order valence-corrected chi connectivity index (χ4v) is 2.60. The first-order valence-electron chi connectivity index (χ1n) is 7.56. The highest BCUT2D eigenvalue weighted by molar-refractivity contribution is 5.96. The Kier molecular flexibility index (Phi) is 5.65. The lowest BCUT2D eigenvalue weighted by molar-refractivity contribution is -0.132. The SMILES string of the molecule is N#CC1CCN(C(=O)CCCC(=O)c2ccc(F)cc2)CC1. The maximum Gasteiger partial charge on any atom is 0.222 e. The number of carbonyl (C=O) groups excluding carboxylic acids is 2. The van der Waals surface area contributed by atoms with Crippen LogP contribution in [0.4, 0.5) is 4.39 Å². The molecule has 0 radical (unpaired) electrons. The third-order valence-electron chi connectivity index (χ3n) is 3.99. The predicted molar refractivity (Wildman–Crippen MR) is 79.5 cm³/mol. The molecular formula is C17H19FN2O2. The Balaban J connectivity index is 1.72. The number of benzene rings is 1. The minimum absolute atomic E-state index is 0.0447. The molecule has 0 bridgehead atoms. The van der Waals surface area contributed by atoms with Gasteiger partial charge in [-0.25, -0.2) is 4.39 Å². The lowest BCUT2D eigenvalue weighted by Crippen LogP contribution is -2.38. The molecule has 0 atom stereocenters. The smallest absolute Gasteiger partial charge is 0.222 e. The maximum atomic E-state index is 12.8. The van der Waals surface area contributed by atoms with Crippen molar-refractivity contribution >= 4 is 11.7 Å². The third kappa shape index (κ3) is 4.39. The molecule has 1 aromatic carbocycles. The van der Waals surface area contributed by atoms with Gasteiger partial charge >= 0.3 is 0 Å². The Hall–Kier alpha value is -2.22. The number of amides is 1. The molecule has 1 aliphatic rings. The molecule has 1 saturated heterocycles. The summed E-state index contributed by atoms with van der Waals surface area (Å²) < 4.78 is 12.8. The predicted octanol–water partition coefficient (Wildman–Crippen LogP) is 2.94. The molecule has 1 heterocycles. The molecule has 0 aromatic heterocycles. The van der Waals surface area contributed by atoms with Crippen molar-refractivity contribution in [2.45, 2.75) is 32.1 Å². The number of nitrogens with zero attached hydrogens (tertiary/aromatic N) is 2. The van der Waals surface area contributed by atoms with Crippen molar-refractivity contribution in [3.63, 3.8) is 0 Å². The van der Waals surface area contributed by atoms with E-state index in [-0.39, 0.29) is 29.8 Å². The Morgan fingerprint density at radius 3 is 2.41 bits per heavy atom. The average molecular weight is 302 g/mol. The van der Waals surface area contributed by atoms with Crippen LogP contribution in [0.3, 0.4) is 0 Å². The third-order valence-corrected chi connectivity index (χ3v) is 3.99. The molecule has 1 aliphatic heterocycles. The van der Waals surface area contributed by atoms with Crippen LogP contribution in [0, 0.1) is 23.1 Å². The van der Waals surface area contributed by atoms with Crippen LogP contribution >= 0.6 is 0 Å². The van der Waals surface area contributed by atoms with Crippen LogP contribution < -0.4 is 0 Å². The molecule has 1 amide bonds. The number of likely N-dealkylation sites (tertiary alicyclic amines) is 1. The van der Waals surface area contributed by atoms with Crippen LogP contribution in [-0.2, 0) is 4.79 Å². The van der Waals surface area contributed by atoms with Gasteiger partial charge in [0.25, 0.3) is 0 Å². The normalized spacial score (nSPS) is 15.4. The molecule has 0 aliphatic carbocycles. The van der Waals surface area contributed by atoms with Crippen LogP contribution in [0.15, 0.2) is 24.3 Å².